The maximum Gasteiger partial charge on any atom is 0.314 e. The number of hydrogen-bond donors (Lipinski definition) is 0. The first kappa shape index (κ1) is 14.4. The number of nitriles is 1. The average Bonchev–Trinajstić information content (AvgIpc) is 2.36. The highest BCUT2D eigenvalue weighted by atomic mass is 19.3. The number of methoxy groups -OCH3 is 1. The van der Waals surface area contributed by atoms with Crippen LogP contribution in [0.25, 0.3) is 0 Å². The summed E-state index contributed by atoms with van der Waals surface area (Å²) in [6.45, 7) is 0. The van der Waals surface area contributed by atoms with Crippen molar-refractivity contribution in [3.05, 3.63) is 33.1 Å². The predicted octanol–water partition coefficient (Wildman–Crippen LogP) is 1.51. The summed E-state index contributed by atoms with van der Waals surface area (Å²) < 4.78 is 29.8. The molecule has 0 aromatic carbocycles. The molecule has 0 radical (unpaired) electrons. The van der Waals surface area contributed by atoms with Crippen LogP contribution in [0.1, 0.15) is 23.4 Å². The number of nitro groups is 1. The molecule has 1 heterocycles. The number of rotatable bonds is 4. The van der Waals surface area contributed by atoms with Crippen LogP contribution in [0.3, 0.4) is 0 Å². The number of esters is 1. The van der Waals surface area contributed by atoms with E-state index in [9.17, 15) is 23.7 Å². The highest BCUT2D eigenvalue weighted by Crippen LogP contribution is 2.31. The fraction of sp³-hybridized carbons (Fsp3) is 0.300. The van der Waals surface area contributed by atoms with Crippen LogP contribution in [-0.4, -0.2) is 23.0 Å². The minimum Gasteiger partial charge on any atom is -0.469 e. The lowest BCUT2D eigenvalue weighted by atomic mass is 10.1. The first-order valence-corrected chi connectivity index (χ1v) is 4.84. The van der Waals surface area contributed by atoms with E-state index in [1.165, 1.54) is 6.07 Å². The molecule has 0 aliphatic rings. The smallest absolute Gasteiger partial charge is 0.314 e. The minimum atomic E-state index is -3.16. The first-order valence-electron chi connectivity index (χ1n) is 4.84. The summed E-state index contributed by atoms with van der Waals surface area (Å²) in [7, 11) is 1.09. The predicted molar refractivity (Wildman–Crippen MR) is 56.3 cm³/mol. The van der Waals surface area contributed by atoms with Gasteiger partial charge in [-0.05, 0) is 6.07 Å². The van der Waals surface area contributed by atoms with Gasteiger partial charge in [-0.25, -0.2) is 13.8 Å². The van der Waals surface area contributed by atoms with Crippen molar-refractivity contribution in [3.8, 4) is 6.07 Å². The highest BCUT2D eigenvalue weighted by molar-refractivity contribution is 5.72. The van der Waals surface area contributed by atoms with Crippen LogP contribution in [0.2, 0.25) is 0 Å². The summed E-state index contributed by atoms with van der Waals surface area (Å²) in [5.74, 6) is -0.759. The van der Waals surface area contributed by atoms with Crippen LogP contribution in [0, 0.1) is 21.4 Å². The van der Waals surface area contributed by atoms with Gasteiger partial charge in [0.1, 0.15) is 11.6 Å². The van der Waals surface area contributed by atoms with E-state index in [1.54, 1.807) is 0 Å². The van der Waals surface area contributed by atoms with Gasteiger partial charge in [-0.3, -0.25) is 14.9 Å². The number of pyridine rings is 1. The number of halogens is 2. The third-order valence-electron chi connectivity index (χ3n) is 2.15. The van der Waals surface area contributed by atoms with Gasteiger partial charge in [0.2, 0.25) is 5.69 Å². The van der Waals surface area contributed by atoms with E-state index in [0.29, 0.717) is 0 Å². The molecule has 1 rings (SSSR count). The Morgan fingerprint density at radius 1 is 1.68 bits per heavy atom. The molecule has 9 heteroatoms. The molecule has 7 nitrogen and oxygen atoms in total. The van der Waals surface area contributed by atoms with Gasteiger partial charge >= 0.3 is 11.7 Å². The van der Waals surface area contributed by atoms with Gasteiger partial charge in [0.25, 0.3) is 6.43 Å². The van der Waals surface area contributed by atoms with E-state index >= 15 is 0 Å². The second kappa shape index (κ2) is 5.81. The number of hydrogen-bond acceptors (Lipinski definition) is 6. The monoisotopic (exact) mass is 271 g/mol. The average molecular weight is 271 g/mol. The van der Waals surface area contributed by atoms with Crippen LogP contribution in [-0.2, 0) is 16.0 Å². The molecule has 1 aromatic heterocycles. The molecule has 0 aliphatic heterocycles. The summed E-state index contributed by atoms with van der Waals surface area (Å²) >= 11 is 0. The Labute approximate surface area is 105 Å². The molecular weight excluding hydrogens is 264 g/mol. The van der Waals surface area contributed by atoms with E-state index in [0.717, 1.165) is 13.2 Å². The Kier molecular flexibility index (Phi) is 4.41. The van der Waals surface area contributed by atoms with Gasteiger partial charge < -0.3 is 4.74 Å². The summed E-state index contributed by atoms with van der Waals surface area (Å²) in [5.41, 5.74) is -2.95. The highest BCUT2D eigenvalue weighted by Gasteiger charge is 2.28. The van der Waals surface area contributed by atoms with Crippen LogP contribution in [0.4, 0.5) is 14.5 Å². The third kappa shape index (κ3) is 3.19. The van der Waals surface area contributed by atoms with Crippen molar-refractivity contribution in [2.45, 2.75) is 12.8 Å². The van der Waals surface area contributed by atoms with E-state index in [4.69, 9.17) is 5.26 Å². The van der Waals surface area contributed by atoms with Crippen molar-refractivity contribution in [2.24, 2.45) is 0 Å². The standard InChI is InChI=1S/C10H7F2N3O4/c1-19-8(16)3-5-2-6(10(11)12)9(15(17)18)7(4-13)14-5/h2,10H,3H2,1H3. The van der Waals surface area contributed by atoms with Gasteiger partial charge in [0, 0.05) is 0 Å². The van der Waals surface area contributed by atoms with Crippen molar-refractivity contribution in [1.82, 2.24) is 4.98 Å². The molecule has 0 amide bonds. The summed E-state index contributed by atoms with van der Waals surface area (Å²) in [5, 5.41) is 19.4. The van der Waals surface area contributed by atoms with Crippen molar-refractivity contribution in [1.29, 1.82) is 5.26 Å². The molecule has 0 atom stereocenters. The van der Waals surface area contributed by atoms with Crippen LogP contribution >= 0.6 is 0 Å². The van der Waals surface area contributed by atoms with Gasteiger partial charge in [0.15, 0.2) is 0 Å². The van der Waals surface area contributed by atoms with E-state index < -0.39 is 40.7 Å². The topological polar surface area (TPSA) is 106 Å². The maximum atomic E-state index is 12.7. The molecule has 0 unspecified atom stereocenters. The van der Waals surface area contributed by atoms with Gasteiger partial charge in [-0.2, -0.15) is 5.26 Å². The molecule has 19 heavy (non-hydrogen) atoms. The lowest BCUT2D eigenvalue weighted by Crippen LogP contribution is -2.10. The lowest BCUT2D eigenvalue weighted by molar-refractivity contribution is -0.386. The molecule has 0 N–H and O–H groups in total. The largest absolute Gasteiger partial charge is 0.469 e. The van der Waals surface area contributed by atoms with Crippen LogP contribution in [0.5, 0.6) is 0 Å². The fourth-order valence-electron chi connectivity index (χ4n) is 1.36. The van der Waals surface area contributed by atoms with Gasteiger partial charge in [-0.1, -0.05) is 0 Å². The minimum absolute atomic E-state index is 0.190. The second-order valence-corrected chi connectivity index (χ2v) is 3.32. The SMILES string of the molecule is COC(=O)Cc1cc(C(F)F)c([N+](=O)[O-])c(C#N)n1. The molecule has 100 valence electrons. The number of carbonyl (C=O) groups is 1. The van der Waals surface area contributed by atoms with Crippen LogP contribution < -0.4 is 0 Å². The molecule has 1 aromatic rings. The molecular formula is C10H7F2N3O4. The molecule has 0 saturated heterocycles. The van der Waals surface area contributed by atoms with E-state index in [1.807, 2.05) is 0 Å². The zero-order valence-electron chi connectivity index (χ0n) is 9.59. The Morgan fingerprint density at radius 3 is 2.74 bits per heavy atom. The number of carbonyl (C=O) groups excluding carboxylic acids is 1. The number of nitrogens with zero attached hydrogens (tertiary/aromatic N) is 3. The third-order valence-corrected chi connectivity index (χ3v) is 2.15. The number of aromatic nitrogens is 1. The summed E-state index contributed by atoms with van der Waals surface area (Å²) in [4.78, 5) is 24.1. The first-order chi connectivity index (χ1) is 8.90. The van der Waals surface area contributed by atoms with Crippen molar-refractivity contribution in [3.63, 3.8) is 0 Å². The fourth-order valence-corrected chi connectivity index (χ4v) is 1.36. The maximum absolute atomic E-state index is 12.7. The van der Waals surface area contributed by atoms with Gasteiger partial charge in [-0.15, -0.1) is 0 Å². The molecule has 0 saturated carbocycles. The van der Waals surface area contributed by atoms with Crippen molar-refractivity contribution < 1.29 is 23.2 Å². The summed E-state index contributed by atoms with van der Waals surface area (Å²) in [6, 6.07) is 2.09. The van der Waals surface area contributed by atoms with E-state index in [2.05, 4.69) is 9.72 Å². The van der Waals surface area contributed by atoms with Crippen molar-refractivity contribution in [2.75, 3.05) is 7.11 Å². The molecule has 0 spiro atoms. The Bertz CT molecular complexity index is 569. The Hall–Kier alpha value is -2.63. The molecule has 0 aliphatic carbocycles. The zero-order chi connectivity index (χ0) is 14.6. The normalized spacial score (nSPS) is 10.1. The quantitative estimate of drug-likeness (QED) is 0.466. The lowest BCUT2D eigenvalue weighted by Gasteiger charge is -2.06. The molecule has 0 bridgehead atoms. The Balaban J connectivity index is 3.41. The van der Waals surface area contributed by atoms with Crippen LogP contribution in [0.15, 0.2) is 6.07 Å². The zero-order valence-corrected chi connectivity index (χ0v) is 9.59. The number of ether oxygens (including phenoxy) is 1. The van der Waals surface area contributed by atoms with Crippen molar-refractivity contribution >= 4 is 11.7 Å². The van der Waals surface area contributed by atoms with Gasteiger partial charge in [0.05, 0.1) is 24.1 Å². The second-order valence-electron chi connectivity index (χ2n) is 3.32. The van der Waals surface area contributed by atoms with E-state index in [-0.39, 0.29) is 5.69 Å². The molecule has 0 fully saturated rings. The number of alkyl halides is 2. The summed E-state index contributed by atoms with van der Waals surface area (Å²) in [6.07, 6.45) is -3.62. The Morgan fingerprint density at radius 2 is 2.32 bits per heavy atom.